The van der Waals surface area contributed by atoms with E-state index >= 15 is 0 Å². The van der Waals surface area contributed by atoms with Crippen LogP contribution >= 0.6 is 0 Å². The Kier molecular flexibility index (Phi) is 18.8. The third-order valence-corrected chi connectivity index (χ3v) is 21.9. The van der Waals surface area contributed by atoms with Gasteiger partial charge < -0.3 is 0 Å². The van der Waals surface area contributed by atoms with Crippen LogP contribution in [0.2, 0.25) is 21.0 Å². The number of rotatable bonds is 22. The normalized spacial score (nSPS) is 13.2. The molecule has 0 bridgehead atoms. The summed E-state index contributed by atoms with van der Waals surface area (Å²) in [7, 11) is 4.78. The summed E-state index contributed by atoms with van der Waals surface area (Å²) in [5.41, 5.74) is 0. The molecule has 0 atom stereocenters. The molecule has 0 fully saturated rings. The topological polar surface area (TPSA) is 73.8 Å². The van der Waals surface area contributed by atoms with Gasteiger partial charge in [0.15, 0.2) is 0 Å². The molecule has 0 rings (SSSR count). The summed E-state index contributed by atoms with van der Waals surface area (Å²) in [6.07, 6.45) is 6.29. The van der Waals surface area contributed by atoms with E-state index in [0.29, 0.717) is 13.2 Å². The van der Waals surface area contributed by atoms with Gasteiger partial charge in [0.1, 0.15) is 0 Å². The first kappa shape index (κ1) is 31.9. The monoisotopic (exact) mass is 592 g/mol. The average molecular weight is 591 g/mol. The summed E-state index contributed by atoms with van der Waals surface area (Å²) < 4.78 is 48.7. The molecule has 0 unspecified atom stereocenters. The van der Waals surface area contributed by atoms with Crippen molar-refractivity contribution in [3.05, 3.63) is 0 Å². The number of unbranched alkanes of at least 4 members (excludes halogenated alkanes) is 2. The molecule has 0 radical (unpaired) electrons. The van der Waals surface area contributed by atoms with Crippen LogP contribution in [0.15, 0.2) is 0 Å². The molecule has 0 saturated carbocycles. The second kappa shape index (κ2) is 18.3. The van der Waals surface area contributed by atoms with Crippen molar-refractivity contribution < 1.29 is 32.7 Å². The molecule has 0 aliphatic rings. The van der Waals surface area contributed by atoms with Crippen molar-refractivity contribution in [2.75, 3.05) is 55.9 Å². The van der Waals surface area contributed by atoms with Crippen LogP contribution in [0, 0.1) is 0 Å². The second-order valence-electron chi connectivity index (χ2n) is 7.61. The number of hydrogen-bond acceptors (Lipinski definition) is 8. The molecule has 8 nitrogen and oxygen atoms in total. The van der Waals surface area contributed by atoms with Gasteiger partial charge in [-0.3, -0.25) is 0 Å². The Labute approximate surface area is 198 Å². The maximum absolute atomic E-state index is 6.63. The Bertz CT molecular complexity index is 371. The maximum atomic E-state index is 6.63. The third-order valence-electron chi connectivity index (χ3n) is 5.67. The molecule has 31 heavy (non-hydrogen) atoms. The summed E-state index contributed by atoms with van der Waals surface area (Å²) in [4.78, 5) is 0. The Morgan fingerprint density at radius 3 is 1.10 bits per heavy atom. The van der Waals surface area contributed by atoms with Crippen LogP contribution in [0.5, 0.6) is 0 Å². The van der Waals surface area contributed by atoms with Crippen molar-refractivity contribution in [1.29, 1.82) is 0 Å². The van der Waals surface area contributed by atoms with Crippen LogP contribution in [0.3, 0.4) is 0 Å². The minimum absolute atomic E-state index is 0.668. The third kappa shape index (κ3) is 11.7. The predicted octanol–water partition coefficient (Wildman–Crippen LogP) is 4.60. The molecule has 0 amide bonds. The molecule has 0 aromatic carbocycles. The van der Waals surface area contributed by atoms with Crippen LogP contribution in [0.4, 0.5) is 0 Å². The summed E-state index contributed by atoms with van der Waals surface area (Å²) in [6, 6.07) is 1.48. The minimum atomic E-state index is -3.19. The Hall–Kier alpha value is 0.912. The molecule has 0 saturated heterocycles. The van der Waals surface area contributed by atoms with Crippen molar-refractivity contribution >= 4 is 36.8 Å². The van der Waals surface area contributed by atoms with E-state index in [4.69, 9.17) is 32.7 Å². The molecule has 0 N–H and O–H groups in total. The average Bonchev–Trinajstić information content (AvgIpc) is 2.82. The summed E-state index contributed by atoms with van der Waals surface area (Å²) in [6.45, 7) is 5.78. The van der Waals surface area contributed by atoms with Gasteiger partial charge in [0.2, 0.25) is 0 Å². The first-order valence-corrected chi connectivity index (χ1v) is 21.7. The molecule has 0 aliphatic heterocycles. The zero-order chi connectivity index (χ0) is 23.6. The van der Waals surface area contributed by atoms with Crippen LogP contribution in [0.1, 0.15) is 52.4 Å². The summed E-state index contributed by atoms with van der Waals surface area (Å²) in [5, 5.41) is 0. The van der Waals surface area contributed by atoms with Crippen molar-refractivity contribution in [3.63, 3.8) is 0 Å². The zero-order valence-corrected chi connectivity index (χ0v) is 26.1. The van der Waals surface area contributed by atoms with Gasteiger partial charge in [0.25, 0.3) is 0 Å². The van der Waals surface area contributed by atoms with E-state index < -0.39 is 36.8 Å². The van der Waals surface area contributed by atoms with Gasteiger partial charge in [0, 0.05) is 0 Å². The molecule has 0 aliphatic carbocycles. The van der Waals surface area contributed by atoms with Gasteiger partial charge in [0.05, 0.1) is 0 Å². The van der Waals surface area contributed by atoms with E-state index in [1.54, 1.807) is 42.7 Å². The molecular weight excluding hydrogens is 543 g/mol. The number of hydrogen-bond donors (Lipinski definition) is 0. The first-order chi connectivity index (χ1) is 14.9. The van der Waals surface area contributed by atoms with E-state index in [9.17, 15) is 0 Å². The van der Waals surface area contributed by atoms with Gasteiger partial charge in [-0.1, -0.05) is 0 Å². The Balaban J connectivity index is 4.98. The predicted molar refractivity (Wildman–Crippen MR) is 129 cm³/mol. The van der Waals surface area contributed by atoms with Crippen LogP contribution in [0.25, 0.3) is 0 Å². The Morgan fingerprint density at radius 2 is 0.839 bits per heavy atom. The van der Waals surface area contributed by atoms with Gasteiger partial charge in [-0.2, -0.15) is 0 Å². The molecule has 11 heteroatoms. The first-order valence-electron chi connectivity index (χ1n) is 11.5. The SMILES string of the molecule is CCC[CH2][Sn]([CH2]CCC)([O]CCC[Si](OC)(OC)OC)[O]CCC[Si](OC)(OC)OC. The molecule has 0 heterocycles. The zero-order valence-electron chi connectivity index (χ0n) is 21.3. The van der Waals surface area contributed by atoms with E-state index in [1.165, 1.54) is 0 Å². The van der Waals surface area contributed by atoms with Gasteiger partial charge in [-0.05, 0) is 0 Å². The molecule has 0 spiro atoms. The standard InChI is InChI=1S/2C6H15O4Si.2C4H9.Sn/c2*1-8-11(9-2,10-3)6-4-5-7;2*1-3-4-2;/h2*4-6H2,1-3H3;2*1,3-4H2,2H3;/q2*-1;;;+2. The molecule has 188 valence electrons. The molecule has 0 aromatic heterocycles. The van der Waals surface area contributed by atoms with Crippen molar-refractivity contribution in [1.82, 2.24) is 0 Å². The van der Waals surface area contributed by atoms with Crippen LogP contribution < -0.4 is 0 Å². The second-order valence-corrected chi connectivity index (χ2v) is 23.5. The quantitative estimate of drug-likeness (QED) is 0.134. The fraction of sp³-hybridized carbons (Fsp3) is 1.00. The van der Waals surface area contributed by atoms with Gasteiger partial charge in [-0.15, -0.1) is 0 Å². The van der Waals surface area contributed by atoms with Crippen molar-refractivity contribution in [3.8, 4) is 0 Å². The van der Waals surface area contributed by atoms with Gasteiger partial charge in [-0.25, -0.2) is 0 Å². The fourth-order valence-electron chi connectivity index (χ4n) is 3.55. The van der Waals surface area contributed by atoms with E-state index in [2.05, 4.69) is 13.8 Å². The van der Waals surface area contributed by atoms with E-state index in [1.807, 2.05) is 0 Å². The summed E-state index contributed by atoms with van der Waals surface area (Å²) >= 11 is -3.19. The van der Waals surface area contributed by atoms with E-state index in [-0.39, 0.29) is 0 Å². The summed E-state index contributed by atoms with van der Waals surface area (Å²) in [5.74, 6) is 0. The molecular formula is C20H48O8Si2Sn. The van der Waals surface area contributed by atoms with E-state index in [0.717, 1.165) is 59.5 Å². The Morgan fingerprint density at radius 1 is 0.516 bits per heavy atom. The van der Waals surface area contributed by atoms with Crippen LogP contribution in [-0.2, 0) is 32.7 Å². The molecule has 0 aromatic rings. The van der Waals surface area contributed by atoms with Crippen molar-refractivity contribution in [2.24, 2.45) is 0 Å². The van der Waals surface area contributed by atoms with Crippen molar-refractivity contribution in [2.45, 2.75) is 73.3 Å². The fourth-order valence-corrected chi connectivity index (χ4v) is 17.6. The van der Waals surface area contributed by atoms with Crippen LogP contribution in [-0.4, -0.2) is 92.7 Å². The van der Waals surface area contributed by atoms with Gasteiger partial charge >= 0.3 is 199 Å².